The molecule has 13 nitrogen and oxygen atoms in total. The highest BCUT2D eigenvalue weighted by Crippen LogP contribution is 2.19. The Balaban J connectivity index is 1.79. The summed E-state index contributed by atoms with van der Waals surface area (Å²) in [7, 11) is 0. The highest BCUT2D eigenvalue weighted by Gasteiger charge is 2.31. The van der Waals surface area contributed by atoms with Gasteiger partial charge in [0.15, 0.2) is 5.82 Å². The summed E-state index contributed by atoms with van der Waals surface area (Å²) in [6, 6.07) is 9.79. The zero-order valence-corrected chi connectivity index (χ0v) is 25.6. The molecule has 1 atom stereocenters. The topological polar surface area (TPSA) is 152 Å². The summed E-state index contributed by atoms with van der Waals surface area (Å²) in [5, 5.41) is 7.42. The molecule has 0 spiro atoms. The number of piperazine rings is 1. The van der Waals surface area contributed by atoms with Crippen molar-refractivity contribution in [3.63, 3.8) is 0 Å². The second kappa shape index (κ2) is 15.8. The number of carbonyl (C=O) groups excluding carboxylic acids is 4. The number of hydrogen-bond donors (Lipinski definition) is 2. The van der Waals surface area contributed by atoms with E-state index in [2.05, 4.69) is 20.6 Å². The number of aromatic nitrogens is 2. The lowest BCUT2D eigenvalue weighted by molar-refractivity contribution is -0.158. The molecule has 1 aliphatic heterocycles. The lowest BCUT2D eigenvalue weighted by Gasteiger charge is -2.35. The predicted octanol–water partition coefficient (Wildman–Crippen LogP) is 3.42. The van der Waals surface area contributed by atoms with Crippen molar-refractivity contribution in [3.05, 3.63) is 42.1 Å². The lowest BCUT2D eigenvalue weighted by atomic mass is 10.1. The highest BCUT2D eigenvalue weighted by atomic mass is 16.8. The second-order valence-corrected chi connectivity index (χ2v) is 10.9. The molecule has 0 bridgehead atoms. The SMILES string of the molecule is CCCNc1cc(C(=O)N[C@@H](CCC(=O)OC(C)(C)C)C(=O)N2CCN(OC(=O)OCC)CC2)nc(-c2ccccc2)n1. The first kappa shape index (κ1) is 33.2. The van der Waals surface area contributed by atoms with Crippen molar-refractivity contribution in [2.75, 3.05) is 44.6 Å². The van der Waals surface area contributed by atoms with Gasteiger partial charge in [-0.15, -0.1) is 5.06 Å². The third kappa shape index (κ3) is 10.8. The van der Waals surface area contributed by atoms with Crippen LogP contribution < -0.4 is 10.6 Å². The number of benzene rings is 1. The molecule has 2 aromatic rings. The van der Waals surface area contributed by atoms with E-state index in [1.54, 1.807) is 38.7 Å². The average molecular weight is 599 g/mol. The Hall–Kier alpha value is -4.26. The molecule has 13 heteroatoms. The van der Waals surface area contributed by atoms with Crippen LogP contribution in [-0.2, 0) is 23.9 Å². The molecule has 2 amide bonds. The van der Waals surface area contributed by atoms with E-state index in [4.69, 9.17) is 14.3 Å². The average Bonchev–Trinajstić information content (AvgIpc) is 2.97. The van der Waals surface area contributed by atoms with Gasteiger partial charge in [-0.1, -0.05) is 37.3 Å². The lowest BCUT2D eigenvalue weighted by Crippen LogP contribution is -2.55. The van der Waals surface area contributed by atoms with Crippen molar-refractivity contribution < 1.29 is 33.5 Å². The van der Waals surface area contributed by atoms with Crippen molar-refractivity contribution >= 4 is 29.8 Å². The third-order valence-corrected chi connectivity index (χ3v) is 6.22. The Kier molecular flexibility index (Phi) is 12.2. The summed E-state index contributed by atoms with van der Waals surface area (Å²) in [5.41, 5.74) is 0.124. The minimum atomic E-state index is -1.03. The molecule has 1 aliphatic rings. The Bertz CT molecular complexity index is 1240. The summed E-state index contributed by atoms with van der Waals surface area (Å²) in [4.78, 5) is 67.1. The third-order valence-electron chi connectivity index (χ3n) is 6.22. The number of hydroxylamine groups is 2. The number of anilines is 1. The molecule has 1 fully saturated rings. The second-order valence-electron chi connectivity index (χ2n) is 10.9. The van der Waals surface area contributed by atoms with E-state index in [1.165, 1.54) is 5.06 Å². The summed E-state index contributed by atoms with van der Waals surface area (Å²) >= 11 is 0. The first-order valence-electron chi connectivity index (χ1n) is 14.6. The van der Waals surface area contributed by atoms with Crippen LogP contribution in [0.1, 0.15) is 64.4 Å². The first-order valence-corrected chi connectivity index (χ1v) is 14.6. The number of ether oxygens (including phenoxy) is 2. The van der Waals surface area contributed by atoms with E-state index >= 15 is 0 Å². The van der Waals surface area contributed by atoms with Crippen LogP contribution in [-0.4, -0.2) is 94.8 Å². The van der Waals surface area contributed by atoms with Gasteiger partial charge in [0.25, 0.3) is 5.91 Å². The zero-order chi connectivity index (χ0) is 31.4. The molecule has 234 valence electrons. The largest absolute Gasteiger partial charge is 0.527 e. The molecule has 1 saturated heterocycles. The van der Waals surface area contributed by atoms with Crippen molar-refractivity contribution in [2.45, 2.75) is 65.5 Å². The molecule has 0 saturated carbocycles. The van der Waals surface area contributed by atoms with Crippen LogP contribution in [0.4, 0.5) is 10.6 Å². The Morgan fingerprint density at radius 2 is 1.70 bits per heavy atom. The fourth-order valence-corrected chi connectivity index (χ4v) is 4.24. The minimum Gasteiger partial charge on any atom is -0.460 e. The van der Waals surface area contributed by atoms with Crippen LogP contribution in [0.25, 0.3) is 11.4 Å². The summed E-state index contributed by atoms with van der Waals surface area (Å²) < 4.78 is 10.2. The molecule has 43 heavy (non-hydrogen) atoms. The molecule has 1 aromatic carbocycles. The van der Waals surface area contributed by atoms with Crippen LogP contribution in [0, 0.1) is 0 Å². The molecule has 1 aromatic heterocycles. The zero-order valence-electron chi connectivity index (χ0n) is 25.6. The van der Waals surface area contributed by atoms with Crippen LogP contribution in [0.15, 0.2) is 36.4 Å². The first-order chi connectivity index (χ1) is 20.5. The number of rotatable bonds is 12. The van der Waals surface area contributed by atoms with Gasteiger partial charge in [-0.2, -0.15) is 0 Å². The Morgan fingerprint density at radius 3 is 2.33 bits per heavy atom. The fourth-order valence-electron chi connectivity index (χ4n) is 4.24. The van der Waals surface area contributed by atoms with Gasteiger partial charge in [0.2, 0.25) is 5.91 Å². The summed E-state index contributed by atoms with van der Waals surface area (Å²) in [6.45, 7) is 10.8. The van der Waals surface area contributed by atoms with Crippen LogP contribution in [0.5, 0.6) is 0 Å². The van der Waals surface area contributed by atoms with Crippen LogP contribution >= 0.6 is 0 Å². The van der Waals surface area contributed by atoms with E-state index < -0.39 is 29.7 Å². The molecule has 0 radical (unpaired) electrons. The van der Waals surface area contributed by atoms with Gasteiger partial charge in [-0.05, 0) is 40.5 Å². The summed E-state index contributed by atoms with van der Waals surface area (Å²) in [6.07, 6.45) is -0.0121. The van der Waals surface area contributed by atoms with E-state index in [9.17, 15) is 19.2 Å². The van der Waals surface area contributed by atoms with Crippen molar-refractivity contribution in [1.82, 2.24) is 25.2 Å². The van der Waals surface area contributed by atoms with E-state index in [0.717, 1.165) is 12.0 Å². The Labute approximate surface area is 252 Å². The fraction of sp³-hybridized carbons (Fsp3) is 0.533. The normalized spacial score (nSPS) is 14.4. The van der Waals surface area contributed by atoms with E-state index in [1.807, 2.05) is 37.3 Å². The number of carbonyl (C=O) groups is 4. The standard InChI is InChI=1S/C30H42N6O7/c1-6-15-31-24-20-23(32-26(34-24)21-11-9-8-10-12-21)27(38)33-22(13-14-25(37)42-30(3,4)5)28(39)35-16-18-36(19-17-35)43-29(40)41-7-2/h8-12,20,22H,6-7,13-19H2,1-5H3,(H,33,38)(H,31,32,34)/t22-/m0/s1. The minimum absolute atomic E-state index is 0.0244. The predicted molar refractivity (Wildman–Crippen MR) is 159 cm³/mol. The van der Waals surface area contributed by atoms with Gasteiger partial charge >= 0.3 is 12.1 Å². The number of esters is 1. The maximum absolute atomic E-state index is 13.7. The molecule has 2 heterocycles. The number of hydrogen-bond acceptors (Lipinski definition) is 11. The van der Waals surface area contributed by atoms with Gasteiger partial charge in [0.1, 0.15) is 23.2 Å². The van der Waals surface area contributed by atoms with E-state index in [0.29, 0.717) is 18.2 Å². The van der Waals surface area contributed by atoms with Gasteiger partial charge in [0.05, 0.1) is 19.7 Å². The van der Waals surface area contributed by atoms with Crippen molar-refractivity contribution in [3.8, 4) is 11.4 Å². The number of nitrogens with zero attached hydrogens (tertiary/aromatic N) is 4. The van der Waals surface area contributed by atoms with Crippen LogP contribution in [0.3, 0.4) is 0 Å². The maximum atomic E-state index is 13.7. The van der Waals surface area contributed by atoms with Gasteiger partial charge in [-0.25, -0.2) is 14.8 Å². The molecular weight excluding hydrogens is 556 g/mol. The van der Waals surface area contributed by atoms with Crippen molar-refractivity contribution in [2.24, 2.45) is 0 Å². The smallest absolute Gasteiger partial charge is 0.460 e. The molecule has 0 unspecified atom stereocenters. The molecular formula is C30H42N6O7. The van der Waals surface area contributed by atoms with Gasteiger partial charge in [0, 0.05) is 37.7 Å². The van der Waals surface area contributed by atoms with Gasteiger partial charge < -0.3 is 29.8 Å². The number of nitrogens with one attached hydrogen (secondary N) is 2. The van der Waals surface area contributed by atoms with Crippen molar-refractivity contribution in [1.29, 1.82) is 0 Å². The molecule has 0 aliphatic carbocycles. The van der Waals surface area contributed by atoms with Crippen LogP contribution in [0.2, 0.25) is 0 Å². The van der Waals surface area contributed by atoms with E-state index in [-0.39, 0.29) is 57.2 Å². The number of amides is 2. The molecule has 3 rings (SSSR count). The molecule has 2 N–H and O–H groups in total. The summed E-state index contributed by atoms with van der Waals surface area (Å²) in [5.74, 6) is -0.580. The monoisotopic (exact) mass is 598 g/mol. The Morgan fingerprint density at radius 1 is 1.00 bits per heavy atom. The maximum Gasteiger partial charge on any atom is 0.527 e. The highest BCUT2D eigenvalue weighted by molar-refractivity contribution is 5.97. The quantitative estimate of drug-likeness (QED) is 0.346. The van der Waals surface area contributed by atoms with Gasteiger partial charge in [-0.3, -0.25) is 14.4 Å².